The first kappa shape index (κ1) is 13.7. The second-order valence-corrected chi connectivity index (χ2v) is 4.08. The molecule has 2 rings (SSSR count). The zero-order chi connectivity index (χ0) is 14.5. The van der Waals surface area contributed by atoms with Crippen LogP contribution >= 0.6 is 0 Å². The summed E-state index contributed by atoms with van der Waals surface area (Å²) in [5.74, 6) is -0.796. The molecular formula is C12H13N5O3. The first-order valence-corrected chi connectivity index (χ1v) is 5.88. The zero-order valence-electron chi connectivity index (χ0n) is 10.8. The average Bonchev–Trinajstić information content (AvgIpc) is 2.84. The lowest BCUT2D eigenvalue weighted by atomic mass is 10.2. The van der Waals surface area contributed by atoms with E-state index < -0.39 is 5.97 Å². The number of nitrogens with zero attached hydrogens (tertiary/aromatic N) is 4. The molecule has 0 saturated heterocycles. The van der Waals surface area contributed by atoms with Gasteiger partial charge in [-0.15, -0.1) is 0 Å². The smallest absolute Gasteiger partial charge is 0.354 e. The van der Waals surface area contributed by atoms with E-state index in [1.807, 2.05) is 0 Å². The Balaban J connectivity index is 1.86. The maximum Gasteiger partial charge on any atom is 0.354 e. The van der Waals surface area contributed by atoms with Crippen molar-refractivity contribution < 1.29 is 14.7 Å². The van der Waals surface area contributed by atoms with Gasteiger partial charge in [-0.25, -0.2) is 14.8 Å². The van der Waals surface area contributed by atoms with Crippen LogP contribution in [-0.2, 0) is 13.5 Å². The van der Waals surface area contributed by atoms with E-state index in [-0.39, 0.29) is 11.6 Å². The van der Waals surface area contributed by atoms with Crippen molar-refractivity contribution in [1.29, 1.82) is 0 Å². The largest absolute Gasteiger partial charge is 0.477 e. The minimum absolute atomic E-state index is 0.0979. The summed E-state index contributed by atoms with van der Waals surface area (Å²) in [6.07, 6.45) is 3.34. The third-order valence-corrected chi connectivity index (χ3v) is 2.53. The van der Waals surface area contributed by atoms with E-state index in [0.717, 1.165) is 0 Å². The number of carboxylic acids is 1. The highest BCUT2D eigenvalue weighted by Crippen LogP contribution is 2.00. The molecule has 0 radical (unpaired) electrons. The molecule has 8 nitrogen and oxygen atoms in total. The number of carbonyl (C=O) groups is 2. The Kier molecular flexibility index (Phi) is 4.04. The van der Waals surface area contributed by atoms with Gasteiger partial charge in [0.05, 0.1) is 5.56 Å². The van der Waals surface area contributed by atoms with E-state index in [0.29, 0.717) is 24.4 Å². The second-order valence-electron chi connectivity index (χ2n) is 4.08. The Morgan fingerprint density at radius 3 is 2.70 bits per heavy atom. The molecule has 0 unspecified atom stereocenters. The van der Waals surface area contributed by atoms with Crippen LogP contribution in [0.4, 0.5) is 0 Å². The number of aryl methyl sites for hydroxylation is 1. The fraction of sp³-hybridized carbons (Fsp3) is 0.250. The number of hydrogen-bond donors (Lipinski definition) is 2. The van der Waals surface area contributed by atoms with E-state index in [1.54, 1.807) is 18.1 Å². The maximum absolute atomic E-state index is 11.8. The van der Waals surface area contributed by atoms with Crippen molar-refractivity contribution in [3.8, 4) is 0 Å². The minimum atomic E-state index is -1.13. The van der Waals surface area contributed by atoms with Gasteiger partial charge in [-0.1, -0.05) is 0 Å². The van der Waals surface area contributed by atoms with Crippen molar-refractivity contribution in [3.63, 3.8) is 0 Å². The average molecular weight is 275 g/mol. The Bertz CT molecular complexity index is 620. The van der Waals surface area contributed by atoms with E-state index in [4.69, 9.17) is 5.11 Å². The molecular weight excluding hydrogens is 262 g/mol. The van der Waals surface area contributed by atoms with Gasteiger partial charge in [0, 0.05) is 26.2 Å². The Labute approximate surface area is 114 Å². The molecule has 1 amide bonds. The molecule has 0 aliphatic heterocycles. The number of aromatic carboxylic acids is 1. The summed E-state index contributed by atoms with van der Waals surface area (Å²) in [5, 5.41) is 15.5. The number of aromatic nitrogens is 4. The van der Waals surface area contributed by atoms with Crippen LogP contribution in [0.15, 0.2) is 24.7 Å². The molecule has 0 saturated carbocycles. The van der Waals surface area contributed by atoms with Crippen LogP contribution in [0.3, 0.4) is 0 Å². The molecule has 0 atom stereocenters. The van der Waals surface area contributed by atoms with E-state index in [2.05, 4.69) is 20.4 Å². The molecule has 0 aliphatic carbocycles. The van der Waals surface area contributed by atoms with Gasteiger partial charge in [0.25, 0.3) is 5.91 Å². The highest BCUT2D eigenvalue weighted by molar-refractivity contribution is 5.94. The first-order chi connectivity index (χ1) is 9.56. The number of amides is 1. The lowest BCUT2D eigenvalue weighted by Crippen LogP contribution is -2.26. The van der Waals surface area contributed by atoms with Gasteiger partial charge in [-0.05, 0) is 12.1 Å². The highest BCUT2D eigenvalue weighted by Gasteiger charge is 2.09. The van der Waals surface area contributed by atoms with Gasteiger partial charge in [0.1, 0.15) is 12.0 Å². The van der Waals surface area contributed by atoms with E-state index in [1.165, 1.54) is 18.3 Å². The van der Waals surface area contributed by atoms with Crippen molar-refractivity contribution in [2.45, 2.75) is 6.42 Å². The molecule has 0 fully saturated rings. The van der Waals surface area contributed by atoms with Crippen LogP contribution in [-0.4, -0.2) is 43.3 Å². The van der Waals surface area contributed by atoms with Crippen LogP contribution in [0.1, 0.15) is 26.7 Å². The third-order valence-electron chi connectivity index (χ3n) is 2.53. The summed E-state index contributed by atoms with van der Waals surface area (Å²) in [4.78, 5) is 30.1. The Morgan fingerprint density at radius 2 is 2.15 bits per heavy atom. The van der Waals surface area contributed by atoms with Gasteiger partial charge in [0.2, 0.25) is 0 Å². The van der Waals surface area contributed by atoms with Gasteiger partial charge >= 0.3 is 5.97 Å². The van der Waals surface area contributed by atoms with E-state index in [9.17, 15) is 9.59 Å². The molecule has 0 aliphatic rings. The third kappa shape index (κ3) is 3.37. The second kappa shape index (κ2) is 5.91. The first-order valence-electron chi connectivity index (χ1n) is 5.88. The minimum Gasteiger partial charge on any atom is -0.477 e. The van der Waals surface area contributed by atoms with Gasteiger partial charge in [0.15, 0.2) is 5.82 Å². The number of carboxylic acid groups (broad SMARTS) is 1. The zero-order valence-corrected chi connectivity index (χ0v) is 10.8. The van der Waals surface area contributed by atoms with Crippen LogP contribution in [0.5, 0.6) is 0 Å². The van der Waals surface area contributed by atoms with Crippen molar-refractivity contribution in [2.75, 3.05) is 6.54 Å². The number of rotatable bonds is 5. The summed E-state index contributed by atoms with van der Waals surface area (Å²) in [5.41, 5.74) is 0.211. The number of carbonyl (C=O) groups excluding carboxylic acids is 1. The predicted molar refractivity (Wildman–Crippen MR) is 68.2 cm³/mol. The highest BCUT2D eigenvalue weighted by atomic mass is 16.4. The number of nitrogens with one attached hydrogen (secondary N) is 1. The topological polar surface area (TPSA) is 110 Å². The molecule has 0 spiro atoms. The monoisotopic (exact) mass is 275 g/mol. The van der Waals surface area contributed by atoms with Crippen LogP contribution in [0, 0.1) is 0 Å². The normalized spacial score (nSPS) is 10.2. The standard InChI is InChI=1S/C12H13N5O3/c1-17-7-15-10(16-17)4-5-13-11(18)8-2-3-9(12(19)20)14-6-8/h2-3,6-7H,4-5H2,1H3,(H,13,18)(H,19,20). The van der Waals surface area contributed by atoms with Gasteiger partial charge < -0.3 is 10.4 Å². The summed E-state index contributed by atoms with van der Waals surface area (Å²) in [6.45, 7) is 0.392. The predicted octanol–water partition coefficient (Wildman–Crippen LogP) is -0.119. The van der Waals surface area contributed by atoms with E-state index >= 15 is 0 Å². The van der Waals surface area contributed by atoms with Crippen LogP contribution in [0.25, 0.3) is 0 Å². The molecule has 2 aromatic rings. The molecule has 2 N–H and O–H groups in total. The molecule has 20 heavy (non-hydrogen) atoms. The lowest BCUT2D eigenvalue weighted by molar-refractivity contribution is 0.0689. The summed E-state index contributed by atoms with van der Waals surface area (Å²) < 4.78 is 1.59. The lowest BCUT2D eigenvalue weighted by Gasteiger charge is -2.03. The van der Waals surface area contributed by atoms with Crippen molar-refractivity contribution in [2.24, 2.45) is 7.05 Å². The number of hydrogen-bond acceptors (Lipinski definition) is 5. The Morgan fingerprint density at radius 1 is 1.35 bits per heavy atom. The fourth-order valence-corrected chi connectivity index (χ4v) is 1.54. The maximum atomic E-state index is 11.8. The Hall–Kier alpha value is -2.77. The molecule has 0 bridgehead atoms. The summed E-state index contributed by atoms with van der Waals surface area (Å²) >= 11 is 0. The molecule has 8 heteroatoms. The quantitative estimate of drug-likeness (QED) is 0.787. The molecule has 2 heterocycles. The summed E-state index contributed by atoms with van der Waals surface area (Å²) in [7, 11) is 1.77. The van der Waals surface area contributed by atoms with Crippen LogP contribution < -0.4 is 5.32 Å². The molecule has 0 aromatic carbocycles. The van der Waals surface area contributed by atoms with Crippen LogP contribution in [0.2, 0.25) is 0 Å². The SMILES string of the molecule is Cn1cnc(CCNC(=O)c2ccc(C(=O)O)nc2)n1. The van der Waals surface area contributed by atoms with Crippen molar-refractivity contribution in [1.82, 2.24) is 25.1 Å². The van der Waals surface area contributed by atoms with Gasteiger partial charge in [-0.3, -0.25) is 9.48 Å². The van der Waals surface area contributed by atoms with Crippen molar-refractivity contribution >= 4 is 11.9 Å². The molecule has 104 valence electrons. The number of pyridine rings is 1. The van der Waals surface area contributed by atoms with Crippen molar-refractivity contribution in [3.05, 3.63) is 41.7 Å². The van der Waals surface area contributed by atoms with Gasteiger partial charge in [-0.2, -0.15) is 5.10 Å². The fourth-order valence-electron chi connectivity index (χ4n) is 1.54. The molecule has 2 aromatic heterocycles. The summed E-state index contributed by atoms with van der Waals surface area (Å²) in [6, 6.07) is 2.71.